The van der Waals surface area contributed by atoms with Crippen molar-refractivity contribution in [3.63, 3.8) is 0 Å². The highest BCUT2D eigenvalue weighted by Gasteiger charge is 2.61. The van der Waals surface area contributed by atoms with Crippen molar-refractivity contribution in [3.05, 3.63) is 41.5 Å². The predicted octanol–water partition coefficient (Wildman–Crippen LogP) is 9.37. The zero-order valence-corrected chi connectivity index (χ0v) is 23.2. The minimum atomic E-state index is 0.305. The smallest absolute Gasteiger partial charge is 0.159 e. The van der Waals surface area contributed by atoms with Gasteiger partial charge in [0.05, 0.1) is 0 Å². The quantitative estimate of drug-likeness (QED) is 0.375. The van der Waals surface area contributed by atoms with Crippen molar-refractivity contribution >= 4 is 11.9 Å². The van der Waals surface area contributed by atoms with Crippen LogP contribution in [-0.4, -0.2) is 5.78 Å². The number of hydrogen-bond donors (Lipinski definition) is 0. The highest BCUT2D eigenvalue weighted by molar-refractivity contribution is 6.00. The van der Waals surface area contributed by atoms with Crippen LogP contribution < -0.4 is 0 Å². The average molecular weight is 475 g/mol. The van der Waals surface area contributed by atoms with Crippen molar-refractivity contribution in [2.45, 2.75) is 105 Å². The van der Waals surface area contributed by atoms with Crippen LogP contribution in [0.3, 0.4) is 0 Å². The average Bonchev–Trinajstić information content (AvgIpc) is 3.18. The Morgan fingerprint density at radius 1 is 0.914 bits per heavy atom. The lowest BCUT2D eigenvalue weighted by atomic mass is 9.44. The van der Waals surface area contributed by atoms with Gasteiger partial charge in [0.15, 0.2) is 5.78 Å². The summed E-state index contributed by atoms with van der Waals surface area (Å²) in [6.07, 6.45) is 16.6. The van der Waals surface area contributed by atoms with Gasteiger partial charge in [-0.3, -0.25) is 4.79 Å². The van der Waals surface area contributed by atoms with Crippen molar-refractivity contribution in [1.82, 2.24) is 0 Å². The Balaban J connectivity index is 1.34. The van der Waals surface area contributed by atoms with E-state index in [2.05, 4.69) is 71.0 Å². The predicted molar refractivity (Wildman–Crippen MR) is 148 cm³/mol. The van der Waals surface area contributed by atoms with E-state index in [0.29, 0.717) is 22.5 Å². The zero-order valence-electron chi connectivity index (χ0n) is 23.2. The summed E-state index contributed by atoms with van der Waals surface area (Å²) in [6.45, 7) is 12.6. The minimum Gasteiger partial charge on any atom is -0.295 e. The molecule has 192 valence electrons. The Kier molecular flexibility index (Phi) is 7.10. The van der Waals surface area contributed by atoms with Gasteiger partial charge in [0.25, 0.3) is 0 Å². The van der Waals surface area contributed by atoms with Gasteiger partial charge < -0.3 is 0 Å². The van der Waals surface area contributed by atoms with E-state index in [0.717, 1.165) is 53.9 Å². The molecule has 5 rings (SSSR count). The van der Waals surface area contributed by atoms with Crippen LogP contribution in [0.5, 0.6) is 0 Å². The van der Waals surface area contributed by atoms with Crippen LogP contribution in [0.1, 0.15) is 111 Å². The fourth-order valence-electron chi connectivity index (χ4n) is 9.92. The first kappa shape index (κ1) is 25.3. The lowest BCUT2D eigenvalue weighted by Crippen LogP contribution is -2.54. The molecule has 4 fully saturated rings. The molecule has 0 bridgehead atoms. The molecule has 1 heteroatoms. The first-order chi connectivity index (χ1) is 16.7. The van der Waals surface area contributed by atoms with E-state index < -0.39 is 0 Å². The van der Waals surface area contributed by atoms with Crippen molar-refractivity contribution in [2.24, 2.45) is 52.3 Å². The molecule has 0 saturated heterocycles. The number of hydrogen-bond acceptors (Lipinski definition) is 1. The molecule has 0 N–H and O–H groups in total. The standard InChI is InChI=1S/C34H50O/c1-23(2)10-9-11-24(3)29-16-17-30-28-15-14-27-21-32(35)26(20-25-12-7-6-8-13-25)22-34(27,5)31(28)18-19-33(29,30)4/h6-8,12-13,20,23-24,27-31H,9-11,14-19,21-22H2,1-5H3/b26-20+/t24-,27?,28?,29-,30?,31?,33-,34+/m1/s1. The molecule has 0 spiro atoms. The Hall–Kier alpha value is -1.37. The van der Waals surface area contributed by atoms with E-state index in [-0.39, 0.29) is 0 Å². The fourth-order valence-corrected chi connectivity index (χ4v) is 9.92. The molecule has 0 aliphatic heterocycles. The molecule has 8 atom stereocenters. The molecular formula is C34H50O. The summed E-state index contributed by atoms with van der Waals surface area (Å²) in [5.41, 5.74) is 3.15. The zero-order chi connectivity index (χ0) is 24.8. The number of rotatable bonds is 6. The van der Waals surface area contributed by atoms with Gasteiger partial charge >= 0.3 is 0 Å². The third-order valence-corrected chi connectivity index (χ3v) is 11.8. The molecule has 1 aromatic rings. The summed E-state index contributed by atoms with van der Waals surface area (Å²) in [7, 11) is 0. The van der Waals surface area contributed by atoms with Gasteiger partial charge in [-0.2, -0.15) is 0 Å². The maximum absolute atomic E-state index is 13.2. The first-order valence-electron chi connectivity index (χ1n) is 15.0. The molecular weight excluding hydrogens is 424 g/mol. The maximum atomic E-state index is 13.2. The highest BCUT2D eigenvalue weighted by Crippen LogP contribution is 2.68. The van der Waals surface area contributed by atoms with Crippen LogP contribution in [0, 0.1) is 52.3 Å². The Morgan fingerprint density at radius 3 is 2.40 bits per heavy atom. The van der Waals surface area contributed by atoms with Crippen molar-refractivity contribution in [2.75, 3.05) is 0 Å². The summed E-state index contributed by atoms with van der Waals surface area (Å²) >= 11 is 0. The van der Waals surface area contributed by atoms with Crippen LogP contribution in [0.15, 0.2) is 35.9 Å². The van der Waals surface area contributed by atoms with Crippen LogP contribution in [-0.2, 0) is 4.79 Å². The number of fused-ring (bicyclic) bond motifs is 5. The Labute approximate surface area is 215 Å². The lowest BCUT2D eigenvalue weighted by molar-refractivity contribution is -0.133. The number of ketones is 1. The van der Waals surface area contributed by atoms with E-state index in [4.69, 9.17) is 0 Å². The van der Waals surface area contributed by atoms with Crippen LogP contribution >= 0.6 is 0 Å². The number of carbonyl (C=O) groups is 1. The second kappa shape index (κ2) is 9.83. The topological polar surface area (TPSA) is 17.1 Å². The minimum absolute atomic E-state index is 0.305. The number of benzene rings is 1. The Bertz CT molecular complexity index is 927. The molecule has 1 nitrogen and oxygen atoms in total. The van der Waals surface area contributed by atoms with Gasteiger partial charge in [0.2, 0.25) is 0 Å². The van der Waals surface area contributed by atoms with E-state index in [1.54, 1.807) is 0 Å². The van der Waals surface area contributed by atoms with Crippen molar-refractivity contribution < 1.29 is 4.79 Å². The number of carbonyl (C=O) groups excluding carboxylic acids is 1. The first-order valence-corrected chi connectivity index (χ1v) is 15.0. The summed E-state index contributed by atoms with van der Waals surface area (Å²) in [5.74, 6) is 6.26. The van der Waals surface area contributed by atoms with Crippen LogP contribution in [0.25, 0.3) is 6.08 Å². The van der Waals surface area contributed by atoms with Gasteiger partial charge in [-0.1, -0.05) is 84.2 Å². The summed E-state index contributed by atoms with van der Waals surface area (Å²) in [4.78, 5) is 13.2. The van der Waals surface area contributed by atoms with Gasteiger partial charge in [-0.25, -0.2) is 0 Å². The summed E-state index contributed by atoms with van der Waals surface area (Å²) in [6, 6.07) is 10.5. The second-order valence-corrected chi connectivity index (χ2v) is 14.1. The van der Waals surface area contributed by atoms with E-state index in [9.17, 15) is 4.79 Å². The van der Waals surface area contributed by atoms with Gasteiger partial charge in [-0.15, -0.1) is 0 Å². The highest BCUT2D eigenvalue weighted by atomic mass is 16.1. The monoisotopic (exact) mass is 474 g/mol. The van der Waals surface area contributed by atoms with Crippen molar-refractivity contribution in [3.8, 4) is 0 Å². The molecule has 4 saturated carbocycles. The summed E-state index contributed by atoms with van der Waals surface area (Å²) in [5, 5.41) is 0. The summed E-state index contributed by atoms with van der Waals surface area (Å²) < 4.78 is 0. The molecule has 1 aromatic carbocycles. The van der Waals surface area contributed by atoms with Gasteiger partial charge in [0, 0.05) is 6.42 Å². The normalized spacial score (nSPS) is 40.9. The number of Topliss-reactive ketones (excluding diaryl/α,β-unsaturated/α-hetero) is 1. The third kappa shape index (κ3) is 4.59. The van der Waals surface area contributed by atoms with Crippen LogP contribution in [0.4, 0.5) is 0 Å². The van der Waals surface area contributed by atoms with Crippen molar-refractivity contribution in [1.29, 1.82) is 0 Å². The Morgan fingerprint density at radius 2 is 1.66 bits per heavy atom. The molecule has 35 heavy (non-hydrogen) atoms. The molecule has 4 aliphatic carbocycles. The molecule has 0 heterocycles. The molecule has 0 radical (unpaired) electrons. The lowest BCUT2D eigenvalue weighted by Gasteiger charge is -2.60. The second-order valence-electron chi connectivity index (χ2n) is 14.1. The number of allylic oxidation sites excluding steroid dienone is 1. The maximum Gasteiger partial charge on any atom is 0.159 e. The van der Waals surface area contributed by atoms with Gasteiger partial charge in [0.1, 0.15) is 0 Å². The SMILES string of the molecule is CC(C)CCC[C@@H](C)[C@H]1CCC2C3CCC4CC(=O)/C(=C/c5ccccc5)C[C@]4(C)C3CC[C@@]21C. The molecule has 4 unspecified atom stereocenters. The van der Waals surface area contributed by atoms with E-state index in [1.807, 2.05) is 0 Å². The molecule has 0 aromatic heterocycles. The largest absolute Gasteiger partial charge is 0.295 e. The fraction of sp³-hybridized carbons (Fsp3) is 0.735. The van der Waals surface area contributed by atoms with E-state index >= 15 is 0 Å². The van der Waals surface area contributed by atoms with E-state index in [1.165, 1.54) is 63.4 Å². The van der Waals surface area contributed by atoms with Crippen LogP contribution in [0.2, 0.25) is 0 Å². The van der Waals surface area contributed by atoms with Gasteiger partial charge in [-0.05, 0) is 114 Å². The molecule has 0 amide bonds. The molecule has 4 aliphatic rings. The third-order valence-electron chi connectivity index (χ3n) is 11.8.